The summed E-state index contributed by atoms with van der Waals surface area (Å²) in [5.41, 5.74) is 5.58. The number of nitrogens with zero attached hydrogens (tertiary/aromatic N) is 3. The molecule has 4 nitrogen and oxygen atoms in total. The first-order valence-corrected chi connectivity index (χ1v) is 10.2. The van der Waals surface area contributed by atoms with E-state index in [1.54, 1.807) is 6.07 Å². The van der Waals surface area contributed by atoms with Crippen molar-refractivity contribution >= 4 is 23.1 Å². The van der Waals surface area contributed by atoms with Gasteiger partial charge >= 0.3 is 0 Å². The van der Waals surface area contributed by atoms with Gasteiger partial charge in [-0.1, -0.05) is 41.9 Å². The van der Waals surface area contributed by atoms with Crippen LogP contribution in [0.25, 0.3) is 16.9 Å². The van der Waals surface area contributed by atoms with Crippen molar-refractivity contribution in [2.24, 2.45) is 0 Å². The third-order valence-corrected chi connectivity index (χ3v) is 5.77. The molecule has 1 aliphatic rings. The lowest BCUT2D eigenvalue weighted by molar-refractivity contribution is 0.628. The molecule has 4 aromatic rings. The van der Waals surface area contributed by atoms with Gasteiger partial charge in [-0.2, -0.15) is 9.61 Å². The Morgan fingerprint density at radius 3 is 2.76 bits per heavy atom. The van der Waals surface area contributed by atoms with Crippen LogP contribution in [-0.2, 0) is 19.4 Å². The quantitative estimate of drug-likeness (QED) is 0.474. The second-order valence-electron chi connectivity index (χ2n) is 7.35. The largest absolute Gasteiger partial charge is 0.366 e. The van der Waals surface area contributed by atoms with Crippen LogP contribution in [-0.4, -0.2) is 14.6 Å². The number of rotatable bonds is 4. The zero-order valence-electron chi connectivity index (χ0n) is 15.8. The number of nitrogens with one attached hydrogen (secondary N) is 1. The van der Waals surface area contributed by atoms with Gasteiger partial charge in [0.05, 0.1) is 5.69 Å². The van der Waals surface area contributed by atoms with Crippen molar-refractivity contribution in [1.82, 2.24) is 14.6 Å². The van der Waals surface area contributed by atoms with Crippen molar-refractivity contribution in [3.63, 3.8) is 0 Å². The van der Waals surface area contributed by atoms with E-state index in [0.717, 1.165) is 59.0 Å². The zero-order valence-corrected chi connectivity index (χ0v) is 16.6. The molecule has 0 spiro atoms. The van der Waals surface area contributed by atoms with E-state index in [2.05, 4.69) is 5.32 Å². The molecule has 0 radical (unpaired) electrons. The Hall–Kier alpha value is -2.92. The number of halogens is 2. The van der Waals surface area contributed by atoms with Gasteiger partial charge in [-0.15, -0.1) is 0 Å². The monoisotopic (exact) mass is 406 g/mol. The van der Waals surface area contributed by atoms with Crippen molar-refractivity contribution in [3.8, 4) is 11.3 Å². The molecule has 0 saturated heterocycles. The van der Waals surface area contributed by atoms with E-state index in [4.69, 9.17) is 21.7 Å². The van der Waals surface area contributed by atoms with E-state index in [0.29, 0.717) is 12.2 Å². The van der Waals surface area contributed by atoms with Gasteiger partial charge in [0.25, 0.3) is 0 Å². The standard InChI is InChI=1S/C23H20ClFN4/c24-19-10-3-1-6-16(19)14-26-23-18-9-2-4-11-20(18)27-22-13-21(28-29(22)23)15-7-5-8-17(25)12-15/h1,3,5-8,10,12-13,26H,2,4,9,11,14H2. The van der Waals surface area contributed by atoms with Crippen LogP contribution in [0.4, 0.5) is 10.2 Å². The van der Waals surface area contributed by atoms with E-state index in [9.17, 15) is 4.39 Å². The van der Waals surface area contributed by atoms with Crippen LogP contribution in [0.1, 0.15) is 29.7 Å². The second-order valence-corrected chi connectivity index (χ2v) is 7.75. The summed E-state index contributed by atoms with van der Waals surface area (Å²) in [6.07, 6.45) is 4.22. The summed E-state index contributed by atoms with van der Waals surface area (Å²) in [5, 5.41) is 9.05. The Morgan fingerprint density at radius 1 is 1.03 bits per heavy atom. The number of fused-ring (bicyclic) bond motifs is 2. The average molecular weight is 407 g/mol. The van der Waals surface area contributed by atoms with Gasteiger partial charge < -0.3 is 5.32 Å². The van der Waals surface area contributed by atoms with Crippen LogP contribution in [0.5, 0.6) is 0 Å². The molecule has 0 atom stereocenters. The highest BCUT2D eigenvalue weighted by molar-refractivity contribution is 6.31. The van der Waals surface area contributed by atoms with Crippen LogP contribution in [0.2, 0.25) is 5.02 Å². The van der Waals surface area contributed by atoms with Gasteiger partial charge in [-0.25, -0.2) is 9.37 Å². The van der Waals surface area contributed by atoms with Crippen LogP contribution in [0.15, 0.2) is 54.6 Å². The van der Waals surface area contributed by atoms with Gasteiger partial charge in [-0.3, -0.25) is 0 Å². The Kier molecular flexibility index (Phi) is 4.68. The molecule has 2 aromatic carbocycles. The third-order valence-electron chi connectivity index (χ3n) is 5.40. The van der Waals surface area contributed by atoms with Crippen molar-refractivity contribution in [2.75, 3.05) is 5.32 Å². The fourth-order valence-electron chi connectivity index (χ4n) is 3.94. The summed E-state index contributed by atoms with van der Waals surface area (Å²) in [7, 11) is 0. The normalized spacial score (nSPS) is 13.4. The molecule has 0 unspecified atom stereocenters. The number of benzene rings is 2. The molecular formula is C23H20ClFN4. The maximum Gasteiger partial charge on any atom is 0.158 e. The highest BCUT2D eigenvalue weighted by atomic mass is 35.5. The number of hydrogen-bond acceptors (Lipinski definition) is 3. The molecule has 0 saturated carbocycles. The lowest BCUT2D eigenvalue weighted by Gasteiger charge is -2.20. The van der Waals surface area contributed by atoms with Crippen molar-refractivity contribution in [3.05, 3.63) is 82.3 Å². The van der Waals surface area contributed by atoms with E-state index < -0.39 is 0 Å². The lowest BCUT2D eigenvalue weighted by Crippen LogP contribution is -2.15. The summed E-state index contributed by atoms with van der Waals surface area (Å²) in [4.78, 5) is 4.86. The molecule has 146 valence electrons. The van der Waals surface area contributed by atoms with Crippen molar-refractivity contribution in [1.29, 1.82) is 0 Å². The lowest BCUT2D eigenvalue weighted by atomic mass is 9.96. The summed E-state index contributed by atoms with van der Waals surface area (Å²) in [5.74, 6) is 0.677. The number of aromatic nitrogens is 3. The first-order chi connectivity index (χ1) is 14.2. The predicted octanol–water partition coefficient (Wildman–Crippen LogP) is 5.68. The summed E-state index contributed by atoms with van der Waals surface area (Å²) in [6, 6.07) is 16.2. The maximum absolute atomic E-state index is 13.7. The van der Waals surface area contributed by atoms with Crippen LogP contribution in [0, 0.1) is 5.82 Å². The molecular weight excluding hydrogens is 387 g/mol. The molecule has 0 fully saturated rings. The van der Waals surface area contributed by atoms with E-state index in [-0.39, 0.29) is 5.82 Å². The fourth-order valence-corrected chi connectivity index (χ4v) is 4.14. The zero-order chi connectivity index (χ0) is 19.8. The van der Waals surface area contributed by atoms with E-state index in [1.807, 2.05) is 40.9 Å². The molecule has 0 aliphatic heterocycles. The minimum absolute atomic E-state index is 0.274. The minimum Gasteiger partial charge on any atom is -0.366 e. The van der Waals surface area contributed by atoms with Gasteiger partial charge in [0.2, 0.25) is 0 Å². The first kappa shape index (κ1) is 18.1. The van der Waals surface area contributed by atoms with E-state index in [1.165, 1.54) is 17.7 Å². The Balaban J connectivity index is 1.61. The molecule has 6 heteroatoms. The molecule has 0 amide bonds. The Bertz CT molecular complexity index is 1200. The second kappa shape index (κ2) is 7.48. The van der Waals surface area contributed by atoms with Gasteiger partial charge in [0.1, 0.15) is 11.6 Å². The SMILES string of the molecule is Fc1cccc(-c2cc3nc4c(c(NCc5ccccc5Cl)n3n2)CCCC4)c1. The number of anilines is 1. The molecule has 0 bridgehead atoms. The summed E-state index contributed by atoms with van der Waals surface area (Å²) < 4.78 is 15.6. The van der Waals surface area contributed by atoms with Gasteiger partial charge in [-0.05, 0) is 49.4 Å². The molecule has 1 aliphatic carbocycles. The van der Waals surface area contributed by atoms with Crippen molar-refractivity contribution < 1.29 is 4.39 Å². The highest BCUT2D eigenvalue weighted by Crippen LogP contribution is 2.30. The van der Waals surface area contributed by atoms with Crippen LogP contribution >= 0.6 is 11.6 Å². The van der Waals surface area contributed by atoms with Crippen molar-refractivity contribution in [2.45, 2.75) is 32.2 Å². The highest BCUT2D eigenvalue weighted by Gasteiger charge is 2.20. The van der Waals surface area contributed by atoms with Gasteiger partial charge in [0.15, 0.2) is 5.65 Å². The Morgan fingerprint density at radius 2 is 1.90 bits per heavy atom. The minimum atomic E-state index is -0.274. The van der Waals surface area contributed by atoms with E-state index >= 15 is 0 Å². The maximum atomic E-state index is 13.7. The summed E-state index contributed by atoms with van der Waals surface area (Å²) >= 11 is 6.34. The molecule has 29 heavy (non-hydrogen) atoms. The fraction of sp³-hybridized carbons (Fsp3) is 0.217. The Labute approximate surface area is 173 Å². The predicted molar refractivity (Wildman–Crippen MR) is 114 cm³/mol. The number of hydrogen-bond donors (Lipinski definition) is 1. The average Bonchev–Trinajstić information content (AvgIpc) is 3.16. The topological polar surface area (TPSA) is 42.2 Å². The third kappa shape index (κ3) is 3.47. The molecule has 5 rings (SSSR count). The van der Waals surface area contributed by atoms with Gasteiger partial charge in [0, 0.05) is 34.5 Å². The molecule has 1 N–H and O–H groups in total. The first-order valence-electron chi connectivity index (χ1n) is 9.84. The molecule has 2 aromatic heterocycles. The number of aryl methyl sites for hydroxylation is 1. The summed E-state index contributed by atoms with van der Waals surface area (Å²) in [6.45, 7) is 0.598. The van der Waals surface area contributed by atoms with Crippen LogP contribution in [0.3, 0.4) is 0 Å². The molecule has 2 heterocycles. The van der Waals surface area contributed by atoms with Crippen LogP contribution < -0.4 is 5.32 Å². The smallest absolute Gasteiger partial charge is 0.158 e.